The molecule has 0 saturated heterocycles. The Kier molecular flexibility index (Phi) is 4.12. The van der Waals surface area contributed by atoms with Crippen molar-refractivity contribution in [1.29, 1.82) is 0 Å². The lowest BCUT2D eigenvalue weighted by Crippen LogP contribution is -2.01. The lowest BCUT2D eigenvalue weighted by molar-refractivity contribution is 0.627. The molecule has 0 fully saturated rings. The Labute approximate surface area is 116 Å². The van der Waals surface area contributed by atoms with Crippen molar-refractivity contribution in [2.45, 2.75) is 6.54 Å². The zero-order chi connectivity index (χ0) is 12.3. The molecule has 2 rings (SSSR count). The topological polar surface area (TPSA) is 24.9 Å². The predicted octanol–water partition coefficient (Wildman–Crippen LogP) is 4.36. The maximum Gasteiger partial charge on any atom is 0.140 e. The minimum Gasteiger partial charge on any atom is -0.365 e. The van der Waals surface area contributed by atoms with Crippen LogP contribution in [-0.2, 0) is 6.54 Å². The van der Waals surface area contributed by atoms with E-state index in [1.165, 1.54) is 12.1 Å². The molecule has 0 saturated carbocycles. The highest BCUT2D eigenvalue weighted by Crippen LogP contribution is 2.23. The number of benzene rings is 1. The minimum atomic E-state index is -0.225. The van der Waals surface area contributed by atoms with E-state index in [-0.39, 0.29) is 5.82 Å². The second-order valence-corrected chi connectivity index (χ2v) is 5.23. The molecule has 2 nitrogen and oxygen atoms in total. The molecule has 2 aromatic rings. The van der Waals surface area contributed by atoms with E-state index < -0.39 is 0 Å². The van der Waals surface area contributed by atoms with E-state index in [9.17, 15) is 4.39 Å². The zero-order valence-corrected chi connectivity index (χ0v) is 11.9. The van der Waals surface area contributed by atoms with Crippen LogP contribution in [0.15, 0.2) is 45.5 Å². The average Bonchev–Trinajstić information content (AvgIpc) is 2.30. The molecule has 0 spiro atoms. The Balaban J connectivity index is 2.04. The van der Waals surface area contributed by atoms with Crippen LogP contribution in [0, 0.1) is 5.82 Å². The van der Waals surface area contributed by atoms with Crippen LogP contribution in [0.5, 0.6) is 0 Å². The van der Waals surface area contributed by atoms with Crippen molar-refractivity contribution >= 4 is 37.7 Å². The van der Waals surface area contributed by atoms with E-state index in [0.29, 0.717) is 6.54 Å². The van der Waals surface area contributed by atoms with E-state index in [1.807, 2.05) is 6.07 Å². The van der Waals surface area contributed by atoms with E-state index in [1.54, 1.807) is 18.3 Å². The van der Waals surface area contributed by atoms with Gasteiger partial charge >= 0.3 is 0 Å². The number of rotatable bonds is 3. The van der Waals surface area contributed by atoms with E-state index >= 15 is 0 Å². The Morgan fingerprint density at radius 1 is 1.18 bits per heavy atom. The number of anilines is 1. The summed E-state index contributed by atoms with van der Waals surface area (Å²) >= 11 is 6.76. The molecule has 88 valence electrons. The SMILES string of the molecule is Fc1ccc(CNc2ncc(Br)cc2Br)cc1. The fourth-order valence-corrected chi connectivity index (χ4v) is 2.46. The third-order valence-electron chi connectivity index (χ3n) is 2.18. The Morgan fingerprint density at radius 2 is 1.88 bits per heavy atom. The minimum absolute atomic E-state index is 0.225. The Hall–Kier alpha value is -0.940. The van der Waals surface area contributed by atoms with Crippen LogP contribution in [0.1, 0.15) is 5.56 Å². The van der Waals surface area contributed by atoms with Crippen molar-refractivity contribution in [2.24, 2.45) is 0 Å². The largest absolute Gasteiger partial charge is 0.365 e. The second-order valence-electron chi connectivity index (χ2n) is 3.46. The molecule has 17 heavy (non-hydrogen) atoms. The monoisotopic (exact) mass is 358 g/mol. The summed E-state index contributed by atoms with van der Waals surface area (Å²) < 4.78 is 14.5. The summed E-state index contributed by atoms with van der Waals surface area (Å²) in [6, 6.07) is 8.30. The van der Waals surface area contributed by atoms with Gasteiger partial charge in [-0.05, 0) is 55.6 Å². The normalized spacial score (nSPS) is 10.3. The first-order valence-electron chi connectivity index (χ1n) is 4.94. The number of aromatic nitrogens is 1. The fourth-order valence-electron chi connectivity index (χ4n) is 1.33. The van der Waals surface area contributed by atoms with Crippen LogP contribution in [0.25, 0.3) is 0 Å². The van der Waals surface area contributed by atoms with Crippen LogP contribution in [-0.4, -0.2) is 4.98 Å². The summed E-state index contributed by atoms with van der Waals surface area (Å²) in [4.78, 5) is 4.23. The predicted molar refractivity (Wildman–Crippen MR) is 73.4 cm³/mol. The quantitative estimate of drug-likeness (QED) is 0.880. The number of nitrogens with zero attached hydrogens (tertiary/aromatic N) is 1. The molecule has 5 heteroatoms. The van der Waals surface area contributed by atoms with Crippen LogP contribution in [0.2, 0.25) is 0 Å². The standard InChI is InChI=1S/C12H9Br2FN2/c13-9-5-11(14)12(17-7-9)16-6-8-1-3-10(15)4-2-8/h1-5,7H,6H2,(H,16,17). The number of hydrogen-bond acceptors (Lipinski definition) is 2. The summed E-state index contributed by atoms with van der Waals surface area (Å²) in [7, 11) is 0. The molecule has 1 heterocycles. The van der Waals surface area contributed by atoms with Gasteiger partial charge in [-0.1, -0.05) is 12.1 Å². The lowest BCUT2D eigenvalue weighted by atomic mass is 10.2. The third kappa shape index (κ3) is 3.51. The van der Waals surface area contributed by atoms with E-state index in [0.717, 1.165) is 20.3 Å². The molecule has 1 aromatic heterocycles. The van der Waals surface area contributed by atoms with Gasteiger partial charge in [0.15, 0.2) is 0 Å². The molecular formula is C12H9Br2FN2. The maximum absolute atomic E-state index is 12.7. The summed E-state index contributed by atoms with van der Waals surface area (Å²) in [5.41, 5.74) is 1.00. The number of nitrogens with one attached hydrogen (secondary N) is 1. The molecular weight excluding hydrogens is 351 g/mol. The van der Waals surface area contributed by atoms with Gasteiger partial charge in [0.2, 0.25) is 0 Å². The summed E-state index contributed by atoms with van der Waals surface area (Å²) in [6.45, 7) is 0.605. The molecule has 0 bridgehead atoms. The molecule has 0 aliphatic heterocycles. The van der Waals surface area contributed by atoms with Gasteiger partial charge in [-0.25, -0.2) is 9.37 Å². The smallest absolute Gasteiger partial charge is 0.140 e. The fraction of sp³-hybridized carbons (Fsp3) is 0.0833. The zero-order valence-electron chi connectivity index (χ0n) is 8.75. The van der Waals surface area contributed by atoms with Crippen LogP contribution in [0.3, 0.4) is 0 Å². The van der Waals surface area contributed by atoms with Crippen molar-refractivity contribution in [3.8, 4) is 0 Å². The molecule has 0 amide bonds. The van der Waals surface area contributed by atoms with Gasteiger partial charge in [-0.2, -0.15) is 0 Å². The van der Waals surface area contributed by atoms with Crippen molar-refractivity contribution < 1.29 is 4.39 Å². The number of pyridine rings is 1. The van der Waals surface area contributed by atoms with Crippen LogP contribution < -0.4 is 5.32 Å². The van der Waals surface area contributed by atoms with Gasteiger partial charge in [0.1, 0.15) is 11.6 Å². The number of hydrogen-bond donors (Lipinski definition) is 1. The summed E-state index contributed by atoms with van der Waals surface area (Å²) in [5, 5.41) is 3.17. The first-order chi connectivity index (χ1) is 8.15. The van der Waals surface area contributed by atoms with Gasteiger partial charge in [-0.15, -0.1) is 0 Å². The van der Waals surface area contributed by atoms with Gasteiger partial charge in [-0.3, -0.25) is 0 Å². The highest BCUT2D eigenvalue weighted by Gasteiger charge is 2.02. The van der Waals surface area contributed by atoms with Crippen molar-refractivity contribution in [3.05, 3.63) is 56.9 Å². The highest BCUT2D eigenvalue weighted by molar-refractivity contribution is 9.11. The molecule has 1 N–H and O–H groups in total. The first-order valence-corrected chi connectivity index (χ1v) is 6.53. The summed E-state index contributed by atoms with van der Waals surface area (Å²) in [5.74, 6) is 0.536. The van der Waals surface area contributed by atoms with Gasteiger partial charge in [0, 0.05) is 17.2 Å². The first kappa shape index (κ1) is 12.5. The second kappa shape index (κ2) is 5.60. The summed E-state index contributed by atoms with van der Waals surface area (Å²) in [6.07, 6.45) is 1.72. The van der Waals surface area contributed by atoms with Gasteiger partial charge in [0.05, 0.1) is 4.47 Å². The van der Waals surface area contributed by atoms with Crippen molar-refractivity contribution in [3.63, 3.8) is 0 Å². The van der Waals surface area contributed by atoms with Gasteiger partial charge < -0.3 is 5.32 Å². The highest BCUT2D eigenvalue weighted by atomic mass is 79.9. The van der Waals surface area contributed by atoms with Crippen molar-refractivity contribution in [2.75, 3.05) is 5.32 Å². The van der Waals surface area contributed by atoms with E-state index in [4.69, 9.17) is 0 Å². The van der Waals surface area contributed by atoms with Crippen LogP contribution in [0.4, 0.5) is 10.2 Å². The Morgan fingerprint density at radius 3 is 2.53 bits per heavy atom. The lowest BCUT2D eigenvalue weighted by Gasteiger charge is -2.07. The van der Waals surface area contributed by atoms with Gasteiger partial charge in [0.25, 0.3) is 0 Å². The molecule has 0 unspecified atom stereocenters. The maximum atomic E-state index is 12.7. The third-order valence-corrected chi connectivity index (χ3v) is 3.22. The average molecular weight is 360 g/mol. The molecule has 0 aliphatic carbocycles. The molecule has 0 aliphatic rings. The van der Waals surface area contributed by atoms with Crippen LogP contribution >= 0.6 is 31.9 Å². The van der Waals surface area contributed by atoms with Crippen molar-refractivity contribution in [1.82, 2.24) is 4.98 Å². The molecule has 0 radical (unpaired) electrons. The molecule has 1 aromatic carbocycles. The number of halogens is 3. The van der Waals surface area contributed by atoms with E-state index in [2.05, 4.69) is 42.2 Å². The Bertz CT molecular complexity index is 514. The molecule has 0 atom stereocenters.